The molecular weight excluding hydrogens is 300 g/mol. The molecule has 6 nitrogen and oxygen atoms in total. The maximum Gasteiger partial charge on any atom is 0.332 e. The van der Waals surface area contributed by atoms with E-state index < -0.39 is 0 Å². The molecule has 2 heterocycles. The van der Waals surface area contributed by atoms with Gasteiger partial charge in [0.2, 0.25) is 0 Å². The highest BCUT2D eigenvalue weighted by Crippen LogP contribution is 2.20. The minimum Gasteiger partial charge on any atom is -0.309 e. The van der Waals surface area contributed by atoms with Crippen molar-refractivity contribution < 1.29 is 0 Å². The molecule has 0 atom stereocenters. The molecule has 0 radical (unpaired) electrons. The molecule has 1 aromatic carbocycles. The zero-order chi connectivity index (χ0) is 15.9. The molecule has 7 heteroatoms. The van der Waals surface area contributed by atoms with Crippen LogP contribution >= 0.6 is 11.8 Å². The van der Waals surface area contributed by atoms with Crippen molar-refractivity contribution >= 4 is 22.9 Å². The zero-order valence-corrected chi connectivity index (χ0v) is 13.4. The average molecular weight is 316 g/mol. The third kappa shape index (κ3) is 2.18. The van der Waals surface area contributed by atoms with Crippen LogP contribution in [-0.4, -0.2) is 24.9 Å². The van der Waals surface area contributed by atoms with Crippen LogP contribution in [0.1, 0.15) is 5.56 Å². The molecule has 2 aromatic heterocycles. The van der Waals surface area contributed by atoms with E-state index in [0.717, 1.165) is 15.3 Å². The van der Waals surface area contributed by atoms with Gasteiger partial charge in [-0.1, -0.05) is 42.1 Å². The normalized spacial score (nSPS) is 11.2. The average Bonchev–Trinajstić information content (AvgIpc) is 2.90. The molecule has 3 rings (SSSR count). The second-order valence-electron chi connectivity index (χ2n) is 5.05. The van der Waals surface area contributed by atoms with E-state index in [9.17, 15) is 9.59 Å². The first-order valence-electron chi connectivity index (χ1n) is 6.78. The monoisotopic (exact) mass is 316 g/mol. The van der Waals surface area contributed by atoms with Gasteiger partial charge in [-0.2, -0.15) is 0 Å². The fourth-order valence-electron chi connectivity index (χ4n) is 2.50. The van der Waals surface area contributed by atoms with Gasteiger partial charge in [-0.3, -0.25) is 13.9 Å². The predicted octanol–water partition coefficient (Wildman–Crippen LogP) is 1.20. The number of imidazole rings is 1. The van der Waals surface area contributed by atoms with E-state index in [2.05, 4.69) is 4.98 Å². The molecule has 114 valence electrons. The van der Waals surface area contributed by atoms with E-state index in [4.69, 9.17) is 0 Å². The van der Waals surface area contributed by atoms with Gasteiger partial charge in [0, 0.05) is 14.1 Å². The van der Waals surface area contributed by atoms with Crippen molar-refractivity contribution in [2.45, 2.75) is 11.7 Å². The van der Waals surface area contributed by atoms with Crippen molar-refractivity contribution in [3.05, 3.63) is 56.7 Å². The molecule has 0 amide bonds. The molecule has 0 N–H and O–H groups in total. The second kappa shape index (κ2) is 5.49. The molecule has 0 unspecified atom stereocenters. The van der Waals surface area contributed by atoms with E-state index in [1.165, 1.54) is 23.4 Å². The summed E-state index contributed by atoms with van der Waals surface area (Å²) in [5, 5.41) is 0.720. The van der Waals surface area contributed by atoms with Gasteiger partial charge in [-0.05, 0) is 11.8 Å². The van der Waals surface area contributed by atoms with Crippen LogP contribution in [0.2, 0.25) is 0 Å². The summed E-state index contributed by atoms with van der Waals surface area (Å²) in [6.45, 7) is 0.543. The maximum atomic E-state index is 12.5. The van der Waals surface area contributed by atoms with Crippen molar-refractivity contribution in [2.75, 3.05) is 6.26 Å². The Labute approximate surface area is 131 Å². The van der Waals surface area contributed by atoms with Crippen LogP contribution in [0.3, 0.4) is 0 Å². The lowest BCUT2D eigenvalue weighted by Crippen LogP contribution is -2.37. The topological polar surface area (TPSA) is 61.8 Å². The van der Waals surface area contributed by atoms with Gasteiger partial charge in [0.1, 0.15) is 0 Å². The Morgan fingerprint density at radius 1 is 1.09 bits per heavy atom. The van der Waals surface area contributed by atoms with Gasteiger partial charge in [-0.15, -0.1) is 0 Å². The summed E-state index contributed by atoms with van der Waals surface area (Å²) in [4.78, 5) is 29.0. The Morgan fingerprint density at radius 2 is 1.77 bits per heavy atom. The predicted molar refractivity (Wildman–Crippen MR) is 87.5 cm³/mol. The second-order valence-corrected chi connectivity index (χ2v) is 5.82. The first kappa shape index (κ1) is 14.6. The Morgan fingerprint density at radius 3 is 2.41 bits per heavy atom. The number of fused-ring (bicyclic) bond motifs is 1. The van der Waals surface area contributed by atoms with Crippen molar-refractivity contribution in [1.29, 1.82) is 0 Å². The molecule has 3 aromatic rings. The number of nitrogens with zero attached hydrogens (tertiary/aromatic N) is 4. The fourth-order valence-corrected chi connectivity index (χ4v) is 3.05. The van der Waals surface area contributed by atoms with Crippen molar-refractivity contribution in [1.82, 2.24) is 18.7 Å². The quantitative estimate of drug-likeness (QED) is 0.681. The molecule has 0 saturated heterocycles. The van der Waals surface area contributed by atoms with Crippen LogP contribution in [0.25, 0.3) is 11.2 Å². The smallest absolute Gasteiger partial charge is 0.309 e. The summed E-state index contributed by atoms with van der Waals surface area (Å²) in [7, 11) is 3.12. The third-order valence-corrected chi connectivity index (χ3v) is 4.36. The van der Waals surface area contributed by atoms with Crippen molar-refractivity contribution in [3.8, 4) is 0 Å². The van der Waals surface area contributed by atoms with Crippen LogP contribution < -0.4 is 11.2 Å². The maximum absolute atomic E-state index is 12.5. The van der Waals surface area contributed by atoms with E-state index in [1.807, 2.05) is 41.2 Å². The minimum absolute atomic E-state index is 0.318. The molecule has 0 aliphatic heterocycles. The van der Waals surface area contributed by atoms with Crippen LogP contribution in [0.5, 0.6) is 0 Å². The Bertz CT molecular complexity index is 954. The summed E-state index contributed by atoms with van der Waals surface area (Å²) in [6.07, 6.45) is 1.91. The lowest BCUT2D eigenvalue weighted by atomic mass is 10.2. The van der Waals surface area contributed by atoms with Crippen LogP contribution in [-0.2, 0) is 20.6 Å². The highest BCUT2D eigenvalue weighted by atomic mass is 32.2. The summed E-state index contributed by atoms with van der Waals surface area (Å²) < 4.78 is 4.41. The van der Waals surface area contributed by atoms with E-state index in [0.29, 0.717) is 17.7 Å². The van der Waals surface area contributed by atoms with E-state index >= 15 is 0 Å². The third-order valence-electron chi connectivity index (χ3n) is 3.68. The molecule has 0 spiro atoms. The van der Waals surface area contributed by atoms with Gasteiger partial charge in [-0.25, -0.2) is 9.78 Å². The lowest BCUT2D eigenvalue weighted by Gasteiger charge is -2.08. The number of aromatic nitrogens is 4. The molecule has 0 bridgehead atoms. The zero-order valence-electron chi connectivity index (χ0n) is 12.6. The Balaban J connectivity index is 2.34. The first-order valence-corrected chi connectivity index (χ1v) is 8.01. The SMILES string of the molecule is CSc1nc2c(c(=O)n(C)c(=O)n2C)n1Cc1ccccc1. The summed E-state index contributed by atoms with van der Waals surface area (Å²) in [5.41, 5.74) is 1.27. The molecular formula is C15H16N4O2S. The molecule has 0 aliphatic carbocycles. The van der Waals surface area contributed by atoms with Crippen molar-refractivity contribution in [2.24, 2.45) is 14.1 Å². The number of hydrogen-bond acceptors (Lipinski definition) is 4. The number of aryl methyl sites for hydroxylation is 1. The Hall–Kier alpha value is -2.28. The molecule has 0 fully saturated rings. The van der Waals surface area contributed by atoms with E-state index in [1.54, 1.807) is 7.05 Å². The summed E-state index contributed by atoms with van der Waals surface area (Å²) >= 11 is 1.46. The number of hydrogen-bond donors (Lipinski definition) is 0. The van der Waals surface area contributed by atoms with Gasteiger partial charge in [0.25, 0.3) is 5.56 Å². The standard InChI is InChI=1S/C15H16N4O2S/c1-17-12-11(13(20)18(2)15(17)21)19(14(16-12)22-3)9-10-7-5-4-6-8-10/h4-8H,9H2,1-3H3. The van der Waals surface area contributed by atoms with Gasteiger partial charge in [0.05, 0.1) is 6.54 Å². The molecule has 0 aliphatic rings. The van der Waals surface area contributed by atoms with Gasteiger partial charge < -0.3 is 4.57 Å². The molecule has 22 heavy (non-hydrogen) atoms. The minimum atomic E-state index is -0.366. The van der Waals surface area contributed by atoms with E-state index in [-0.39, 0.29) is 11.2 Å². The fraction of sp³-hybridized carbons (Fsp3) is 0.267. The van der Waals surface area contributed by atoms with Crippen LogP contribution in [0, 0.1) is 0 Å². The summed E-state index contributed by atoms with van der Waals surface area (Å²) in [5.74, 6) is 0. The van der Waals surface area contributed by atoms with Crippen LogP contribution in [0.4, 0.5) is 0 Å². The largest absolute Gasteiger partial charge is 0.332 e. The first-order chi connectivity index (χ1) is 10.5. The lowest BCUT2D eigenvalue weighted by molar-refractivity contribution is 0.697. The van der Waals surface area contributed by atoms with Gasteiger partial charge in [0.15, 0.2) is 16.3 Å². The number of rotatable bonds is 3. The summed E-state index contributed by atoms with van der Waals surface area (Å²) in [6, 6.07) is 9.88. The molecule has 0 saturated carbocycles. The van der Waals surface area contributed by atoms with Crippen LogP contribution in [0.15, 0.2) is 45.1 Å². The highest BCUT2D eigenvalue weighted by molar-refractivity contribution is 7.98. The number of thioether (sulfide) groups is 1. The number of benzene rings is 1. The van der Waals surface area contributed by atoms with Crippen molar-refractivity contribution in [3.63, 3.8) is 0 Å². The Kier molecular flexibility index (Phi) is 3.66. The van der Waals surface area contributed by atoms with Gasteiger partial charge >= 0.3 is 5.69 Å². The highest BCUT2D eigenvalue weighted by Gasteiger charge is 2.18.